The molecule has 0 aliphatic heterocycles. The van der Waals surface area contributed by atoms with Crippen molar-refractivity contribution >= 4 is 33.6 Å². The Hall–Kier alpha value is -3.67. The summed E-state index contributed by atoms with van der Waals surface area (Å²) in [5.74, 6) is -0.314. The largest absolute Gasteiger partial charge is 0.456 e. The van der Waals surface area contributed by atoms with Crippen molar-refractivity contribution in [2.24, 2.45) is 0 Å². The van der Waals surface area contributed by atoms with Crippen LogP contribution in [0.1, 0.15) is 10.4 Å². The second-order valence-corrected chi connectivity index (χ2v) is 5.42. The average Bonchev–Trinajstić information content (AvgIpc) is 3.00. The predicted octanol–water partition coefficient (Wildman–Crippen LogP) is 4.71. The van der Waals surface area contributed by atoms with Gasteiger partial charge in [-0.05, 0) is 30.3 Å². The van der Waals surface area contributed by atoms with E-state index in [0.29, 0.717) is 22.1 Å². The van der Waals surface area contributed by atoms with Gasteiger partial charge in [0.1, 0.15) is 16.9 Å². The Morgan fingerprint density at radius 3 is 2.40 bits per heavy atom. The molecule has 1 aromatic heterocycles. The molecule has 0 radical (unpaired) electrons. The number of para-hydroxylation sites is 1. The molecule has 0 saturated heterocycles. The van der Waals surface area contributed by atoms with Crippen LogP contribution < -0.4 is 4.74 Å². The maximum Gasteiger partial charge on any atom is 0.344 e. The highest BCUT2D eigenvalue weighted by Crippen LogP contribution is 2.31. The first-order valence-corrected chi connectivity index (χ1v) is 7.50. The Balaban J connectivity index is 1.73. The fourth-order valence-electron chi connectivity index (χ4n) is 2.74. The molecule has 0 amide bonds. The molecule has 4 aromatic rings. The second kappa shape index (κ2) is 5.76. The van der Waals surface area contributed by atoms with Crippen molar-refractivity contribution < 1.29 is 18.9 Å². The van der Waals surface area contributed by atoms with E-state index in [4.69, 9.17) is 9.15 Å². The summed E-state index contributed by atoms with van der Waals surface area (Å²) in [6.07, 6.45) is 0. The molecule has 122 valence electrons. The number of carbonyl (C=O) groups is 1. The highest BCUT2D eigenvalue weighted by atomic mass is 16.6. The molecule has 0 N–H and O–H groups in total. The maximum absolute atomic E-state index is 12.6. The Kier molecular flexibility index (Phi) is 3.43. The van der Waals surface area contributed by atoms with Crippen LogP contribution >= 0.6 is 0 Å². The fourth-order valence-corrected chi connectivity index (χ4v) is 2.74. The molecule has 0 aliphatic rings. The van der Waals surface area contributed by atoms with Crippen LogP contribution in [0.15, 0.2) is 71.1 Å². The average molecular weight is 333 g/mol. The Morgan fingerprint density at radius 2 is 1.64 bits per heavy atom. The van der Waals surface area contributed by atoms with Crippen LogP contribution in [0, 0.1) is 10.1 Å². The van der Waals surface area contributed by atoms with Gasteiger partial charge in [-0.15, -0.1) is 0 Å². The number of ether oxygens (including phenoxy) is 1. The molecule has 25 heavy (non-hydrogen) atoms. The molecule has 4 rings (SSSR count). The number of esters is 1. The molecule has 1 heterocycles. The highest BCUT2D eigenvalue weighted by molar-refractivity contribution is 6.15. The Morgan fingerprint density at radius 1 is 0.920 bits per heavy atom. The molecule has 0 aliphatic carbocycles. The van der Waals surface area contributed by atoms with Crippen LogP contribution in [0.4, 0.5) is 5.69 Å². The number of non-ortho nitro benzene ring substituents is 1. The first-order chi connectivity index (χ1) is 12.1. The van der Waals surface area contributed by atoms with Crippen LogP contribution in [0.2, 0.25) is 0 Å². The van der Waals surface area contributed by atoms with Crippen LogP contribution in [0.5, 0.6) is 5.75 Å². The summed E-state index contributed by atoms with van der Waals surface area (Å²) < 4.78 is 11.1. The van der Waals surface area contributed by atoms with Crippen molar-refractivity contribution in [3.05, 3.63) is 82.4 Å². The summed E-state index contributed by atoms with van der Waals surface area (Å²) in [6.45, 7) is 0. The minimum atomic E-state index is -0.550. The van der Waals surface area contributed by atoms with Gasteiger partial charge in [0.2, 0.25) is 0 Å². The van der Waals surface area contributed by atoms with Crippen LogP contribution in [0.25, 0.3) is 21.9 Å². The van der Waals surface area contributed by atoms with Gasteiger partial charge in [0.05, 0.1) is 10.5 Å². The summed E-state index contributed by atoms with van der Waals surface area (Å²) >= 11 is 0. The number of nitro groups is 1. The number of hydrogen-bond donors (Lipinski definition) is 0. The van der Waals surface area contributed by atoms with Crippen molar-refractivity contribution in [3.8, 4) is 5.75 Å². The minimum Gasteiger partial charge on any atom is -0.456 e. The van der Waals surface area contributed by atoms with Crippen LogP contribution in [-0.2, 0) is 0 Å². The number of nitro benzene ring substituents is 1. The zero-order chi connectivity index (χ0) is 17.4. The van der Waals surface area contributed by atoms with Gasteiger partial charge in [0, 0.05) is 22.9 Å². The Bertz CT molecular complexity index is 1110. The van der Waals surface area contributed by atoms with Crippen molar-refractivity contribution in [3.63, 3.8) is 0 Å². The van der Waals surface area contributed by atoms with Gasteiger partial charge < -0.3 is 9.15 Å². The standard InChI is InChI=1S/C19H11NO5/c21-19(24-13-10-8-12(9-11-13)20(22)23)15-5-3-7-17-18(15)14-4-1-2-6-16(14)25-17/h1-11H. The number of furan rings is 1. The molecule has 3 aromatic carbocycles. The summed E-state index contributed by atoms with van der Waals surface area (Å²) in [6, 6.07) is 18.0. The summed E-state index contributed by atoms with van der Waals surface area (Å²) in [7, 11) is 0. The van der Waals surface area contributed by atoms with Crippen LogP contribution in [0.3, 0.4) is 0 Å². The monoisotopic (exact) mass is 333 g/mol. The van der Waals surface area contributed by atoms with Gasteiger partial charge in [0.15, 0.2) is 0 Å². The second-order valence-electron chi connectivity index (χ2n) is 5.42. The van der Waals surface area contributed by atoms with Crippen LogP contribution in [-0.4, -0.2) is 10.9 Å². The number of rotatable bonds is 3. The van der Waals surface area contributed by atoms with Gasteiger partial charge in [-0.25, -0.2) is 4.79 Å². The SMILES string of the molecule is O=C(Oc1ccc([N+](=O)[O-])cc1)c1cccc2oc3ccccc3c12. The lowest BCUT2D eigenvalue weighted by Gasteiger charge is -2.05. The number of hydrogen-bond acceptors (Lipinski definition) is 5. The molecule has 0 atom stereocenters. The number of benzene rings is 3. The zero-order valence-electron chi connectivity index (χ0n) is 12.8. The third-order valence-electron chi connectivity index (χ3n) is 3.88. The van der Waals surface area contributed by atoms with Gasteiger partial charge in [0.25, 0.3) is 5.69 Å². The molecule has 0 saturated carbocycles. The normalized spacial score (nSPS) is 10.9. The van der Waals surface area contributed by atoms with E-state index in [-0.39, 0.29) is 11.4 Å². The van der Waals surface area contributed by atoms with Crippen molar-refractivity contribution in [2.45, 2.75) is 0 Å². The molecular weight excluding hydrogens is 322 g/mol. The smallest absolute Gasteiger partial charge is 0.344 e. The van der Waals surface area contributed by atoms with Crippen molar-refractivity contribution in [1.82, 2.24) is 0 Å². The lowest BCUT2D eigenvalue weighted by molar-refractivity contribution is -0.384. The van der Waals surface area contributed by atoms with Gasteiger partial charge in [-0.1, -0.05) is 24.3 Å². The third kappa shape index (κ3) is 2.59. The molecule has 6 nitrogen and oxygen atoms in total. The minimum absolute atomic E-state index is 0.0669. The summed E-state index contributed by atoms with van der Waals surface area (Å²) in [5, 5.41) is 12.2. The van der Waals surface area contributed by atoms with Gasteiger partial charge >= 0.3 is 5.97 Å². The molecule has 0 fully saturated rings. The maximum atomic E-state index is 12.6. The van der Waals surface area contributed by atoms with E-state index in [1.54, 1.807) is 18.2 Å². The number of carbonyl (C=O) groups excluding carboxylic acids is 1. The fraction of sp³-hybridized carbons (Fsp3) is 0. The lowest BCUT2D eigenvalue weighted by Crippen LogP contribution is -2.08. The zero-order valence-corrected chi connectivity index (χ0v) is 12.8. The van der Waals surface area contributed by atoms with Crippen molar-refractivity contribution in [1.29, 1.82) is 0 Å². The highest BCUT2D eigenvalue weighted by Gasteiger charge is 2.18. The van der Waals surface area contributed by atoms with Gasteiger partial charge in [-0.2, -0.15) is 0 Å². The van der Waals surface area contributed by atoms with E-state index in [1.165, 1.54) is 24.3 Å². The molecular formula is C19H11NO5. The van der Waals surface area contributed by atoms with E-state index in [1.807, 2.05) is 24.3 Å². The van der Waals surface area contributed by atoms with Crippen molar-refractivity contribution in [2.75, 3.05) is 0 Å². The van der Waals surface area contributed by atoms with Gasteiger partial charge in [-0.3, -0.25) is 10.1 Å². The van der Waals surface area contributed by atoms with E-state index in [2.05, 4.69) is 0 Å². The number of nitrogens with zero attached hydrogens (tertiary/aromatic N) is 1. The first-order valence-electron chi connectivity index (χ1n) is 7.50. The van der Waals surface area contributed by atoms with E-state index < -0.39 is 10.9 Å². The molecule has 0 bridgehead atoms. The molecule has 0 spiro atoms. The van der Waals surface area contributed by atoms with E-state index in [0.717, 1.165) is 5.39 Å². The lowest BCUT2D eigenvalue weighted by atomic mass is 10.1. The number of fused-ring (bicyclic) bond motifs is 3. The molecule has 0 unspecified atom stereocenters. The topological polar surface area (TPSA) is 82.6 Å². The third-order valence-corrected chi connectivity index (χ3v) is 3.88. The Labute approximate surface area is 141 Å². The predicted molar refractivity (Wildman–Crippen MR) is 91.8 cm³/mol. The summed E-state index contributed by atoms with van der Waals surface area (Å²) in [5.41, 5.74) is 1.59. The summed E-state index contributed by atoms with van der Waals surface area (Å²) in [4.78, 5) is 22.8. The molecule has 6 heteroatoms. The van der Waals surface area contributed by atoms with E-state index >= 15 is 0 Å². The first kappa shape index (κ1) is 14.9. The quantitative estimate of drug-likeness (QED) is 0.235. The van der Waals surface area contributed by atoms with E-state index in [9.17, 15) is 14.9 Å².